The molecule has 0 unspecified atom stereocenters. The Hall–Kier alpha value is -4.45. The van der Waals surface area contributed by atoms with Crippen LogP contribution in [-0.2, 0) is 27.2 Å². The lowest BCUT2D eigenvalue weighted by Gasteiger charge is -2.27. The first kappa shape index (κ1) is 32.5. The van der Waals surface area contributed by atoms with Gasteiger partial charge in [0.15, 0.2) is 34.6 Å². The summed E-state index contributed by atoms with van der Waals surface area (Å²) in [6, 6.07) is 15.2. The van der Waals surface area contributed by atoms with Gasteiger partial charge in [0.2, 0.25) is 0 Å². The van der Waals surface area contributed by atoms with E-state index in [9.17, 15) is 14.0 Å². The smallest absolute Gasteiger partial charge is 0.166 e. The lowest BCUT2D eigenvalue weighted by atomic mass is 9.88. The second-order valence-corrected chi connectivity index (χ2v) is 11.8. The Balaban J connectivity index is 1.08. The average molecular weight is 646 g/mol. The number of halogens is 2. The number of carbonyl (C=O) groups excluding carboxylic acids is 2. The molecule has 246 valence electrons. The number of benzene rings is 3. The molecule has 0 atom stereocenters. The van der Waals surface area contributed by atoms with Crippen LogP contribution in [0.25, 0.3) is 10.9 Å². The molecule has 2 heterocycles. The highest BCUT2D eigenvalue weighted by molar-refractivity contribution is 6.11. The lowest BCUT2D eigenvalue weighted by Crippen LogP contribution is -2.46. The number of methoxy groups -OCH3 is 1. The number of carbonyl (C=O) groups is 2. The van der Waals surface area contributed by atoms with Gasteiger partial charge in [0.05, 0.1) is 37.9 Å². The molecule has 4 aromatic rings. The largest absolute Gasteiger partial charge is 0.493 e. The molecular weight excluding hydrogens is 608 g/mol. The summed E-state index contributed by atoms with van der Waals surface area (Å²) in [5.41, 5.74) is 4.01. The van der Waals surface area contributed by atoms with Gasteiger partial charge in [0.1, 0.15) is 11.6 Å². The molecule has 1 aromatic heterocycles. The standard InChI is InChI=1S/C36H37F2N3O6/c1-44-32-22-27-29(23-33(32)46-16-2-12-40-41-14-17-45-18-15-41)39-13-9-30(27)47-31-8-5-25(19-28(31)38)21-35(43)36(10-11-36)34(42)20-24-3-6-26(37)7-4-24/h3-9,13,19,22-23,40H,2,10-12,14-18,20-21H2,1H3. The van der Waals surface area contributed by atoms with E-state index in [0.29, 0.717) is 58.7 Å². The summed E-state index contributed by atoms with van der Waals surface area (Å²) in [6.45, 7) is 4.39. The van der Waals surface area contributed by atoms with Crippen LogP contribution in [0, 0.1) is 17.0 Å². The maximum atomic E-state index is 15.3. The Morgan fingerprint density at radius 2 is 1.62 bits per heavy atom. The highest BCUT2D eigenvalue weighted by Gasteiger charge is 2.54. The second-order valence-electron chi connectivity index (χ2n) is 11.8. The molecule has 0 radical (unpaired) electrons. The SMILES string of the molecule is COc1cc2c(Oc3ccc(CC(=O)C4(C(=O)Cc5ccc(F)cc5)CC4)cc3F)ccnc2cc1OCCCNN1CCOCC1. The second kappa shape index (κ2) is 14.5. The van der Waals surface area contributed by atoms with E-state index in [0.717, 1.165) is 39.3 Å². The Morgan fingerprint density at radius 1 is 0.894 bits per heavy atom. The fourth-order valence-corrected chi connectivity index (χ4v) is 5.71. The lowest BCUT2D eigenvalue weighted by molar-refractivity contribution is -0.133. The molecule has 11 heteroatoms. The van der Waals surface area contributed by atoms with Crippen LogP contribution in [-0.4, -0.2) is 68.1 Å². The molecule has 6 rings (SSSR count). The number of ketones is 2. The molecule has 0 spiro atoms. The molecular formula is C36H37F2N3O6. The zero-order chi connectivity index (χ0) is 32.8. The van der Waals surface area contributed by atoms with E-state index >= 15 is 4.39 Å². The number of morpholine rings is 1. The molecule has 0 amide bonds. The average Bonchev–Trinajstić information content (AvgIpc) is 3.90. The number of rotatable bonds is 15. The number of hydrazine groups is 1. The third kappa shape index (κ3) is 7.75. The summed E-state index contributed by atoms with van der Waals surface area (Å²) in [7, 11) is 1.55. The van der Waals surface area contributed by atoms with Crippen molar-refractivity contribution in [1.29, 1.82) is 0 Å². The monoisotopic (exact) mass is 645 g/mol. The van der Waals surface area contributed by atoms with Gasteiger partial charge in [-0.3, -0.25) is 20.0 Å². The van der Waals surface area contributed by atoms with E-state index in [-0.39, 0.29) is 36.0 Å². The number of nitrogens with zero attached hydrogens (tertiary/aromatic N) is 2. The third-order valence-corrected chi connectivity index (χ3v) is 8.59. The molecule has 1 N–H and O–H groups in total. The zero-order valence-corrected chi connectivity index (χ0v) is 26.2. The predicted molar refractivity (Wildman–Crippen MR) is 171 cm³/mol. The van der Waals surface area contributed by atoms with Gasteiger partial charge >= 0.3 is 0 Å². The van der Waals surface area contributed by atoms with E-state index in [1.807, 2.05) is 0 Å². The van der Waals surface area contributed by atoms with E-state index in [2.05, 4.69) is 15.4 Å². The van der Waals surface area contributed by atoms with Gasteiger partial charge in [-0.25, -0.2) is 13.8 Å². The van der Waals surface area contributed by atoms with Gasteiger partial charge in [-0.1, -0.05) is 18.2 Å². The van der Waals surface area contributed by atoms with Gasteiger partial charge in [-0.05, 0) is 66.8 Å². The maximum absolute atomic E-state index is 15.3. The Kier molecular flexibility index (Phi) is 10.1. The van der Waals surface area contributed by atoms with Crippen LogP contribution in [0.5, 0.6) is 23.0 Å². The summed E-state index contributed by atoms with van der Waals surface area (Å²) in [5, 5.41) is 2.76. The zero-order valence-electron chi connectivity index (χ0n) is 26.2. The Morgan fingerprint density at radius 3 is 2.32 bits per heavy atom. The number of hydrogen-bond donors (Lipinski definition) is 1. The summed E-state index contributed by atoms with van der Waals surface area (Å²) in [6.07, 6.45) is 3.26. The maximum Gasteiger partial charge on any atom is 0.166 e. The highest BCUT2D eigenvalue weighted by atomic mass is 19.1. The molecule has 0 bridgehead atoms. The van der Waals surface area contributed by atoms with Crippen LogP contribution in [0.1, 0.15) is 30.4 Å². The minimum absolute atomic E-state index is 0.0192. The molecule has 1 aliphatic carbocycles. The number of Topliss-reactive ketones (excluding diaryl/α,β-unsaturated/α-hetero) is 2. The first-order chi connectivity index (χ1) is 22.8. The summed E-state index contributed by atoms with van der Waals surface area (Å²) in [5.74, 6) is -0.0618. The molecule has 1 saturated carbocycles. The van der Waals surface area contributed by atoms with Crippen molar-refractivity contribution in [2.75, 3.05) is 46.6 Å². The van der Waals surface area contributed by atoms with Crippen molar-refractivity contribution in [3.05, 3.63) is 89.6 Å². The number of hydrogen-bond acceptors (Lipinski definition) is 9. The summed E-state index contributed by atoms with van der Waals surface area (Å²) in [4.78, 5) is 30.6. The van der Waals surface area contributed by atoms with Crippen LogP contribution in [0.3, 0.4) is 0 Å². The summed E-state index contributed by atoms with van der Waals surface area (Å²) < 4.78 is 51.5. The Labute approximate surface area is 271 Å². The van der Waals surface area contributed by atoms with Crippen LogP contribution < -0.4 is 19.6 Å². The van der Waals surface area contributed by atoms with Gasteiger partial charge in [-0.2, -0.15) is 0 Å². The van der Waals surface area contributed by atoms with Crippen LogP contribution in [0.4, 0.5) is 8.78 Å². The predicted octanol–water partition coefficient (Wildman–Crippen LogP) is 5.62. The van der Waals surface area contributed by atoms with E-state index in [4.69, 9.17) is 18.9 Å². The van der Waals surface area contributed by atoms with Crippen molar-refractivity contribution >= 4 is 22.5 Å². The minimum Gasteiger partial charge on any atom is -0.493 e. The summed E-state index contributed by atoms with van der Waals surface area (Å²) >= 11 is 0. The van der Waals surface area contributed by atoms with E-state index in [1.165, 1.54) is 24.3 Å². The topological polar surface area (TPSA) is 99.2 Å². The first-order valence-corrected chi connectivity index (χ1v) is 15.8. The minimum atomic E-state index is -1.06. The van der Waals surface area contributed by atoms with Crippen molar-refractivity contribution in [3.63, 3.8) is 0 Å². The fourth-order valence-electron chi connectivity index (χ4n) is 5.71. The number of ether oxygens (including phenoxy) is 4. The van der Waals surface area contributed by atoms with Crippen molar-refractivity contribution in [2.24, 2.45) is 5.41 Å². The number of pyridine rings is 1. The molecule has 3 aromatic carbocycles. The fraction of sp³-hybridized carbons (Fsp3) is 0.361. The molecule has 47 heavy (non-hydrogen) atoms. The molecule has 2 fully saturated rings. The molecule has 2 aliphatic rings. The van der Waals surface area contributed by atoms with E-state index in [1.54, 1.807) is 49.7 Å². The number of nitrogens with one attached hydrogen (secondary N) is 1. The Bertz CT molecular complexity index is 1740. The normalized spacial score (nSPS) is 15.7. The molecule has 9 nitrogen and oxygen atoms in total. The third-order valence-electron chi connectivity index (χ3n) is 8.59. The van der Waals surface area contributed by atoms with Crippen molar-refractivity contribution in [1.82, 2.24) is 15.4 Å². The quantitative estimate of drug-likeness (QED) is 0.130. The van der Waals surface area contributed by atoms with E-state index < -0.39 is 11.2 Å². The van der Waals surface area contributed by atoms with Crippen LogP contribution >= 0.6 is 0 Å². The van der Waals surface area contributed by atoms with Crippen molar-refractivity contribution in [2.45, 2.75) is 32.1 Å². The molecule has 1 aliphatic heterocycles. The highest BCUT2D eigenvalue weighted by Crippen LogP contribution is 2.49. The van der Waals surface area contributed by atoms with Gasteiger partial charge < -0.3 is 18.9 Å². The van der Waals surface area contributed by atoms with Gasteiger partial charge in [-0.15, -0.1) is 0 Å². The number of fused-ring (bicyclic) bond motifs is 1. The van der Waals surface area contributed by atoms with Gasteiger partial charge in [0, 0.05) is 50.1 Å². The molecule has 1 saturated heterocycles. The number of aromatic nitrogens is 1. The van der Waals surface area contributed by atoms with Crippen LogP contribution in [0.2, 0.25) is 0 Å². The van der Waals surface area contributed by atoms with Gasteiger partial charge in [0.25, 0.3) is 0 Å². The van der Waals surface area contributed by atoms with Crippen LogP contribution in [0.15, 0.2) is 66.9 Å². The first-order valence-electron chi connectivity index (χ1n) is 15.8. The van der Waals surface area contributed by atoms with Crippen molar-refractivity contribution < 1.29 is 37.3 Å². The van der Waals surface area contributed by atoms with Crippen molar-refractivity contribution in [3.8, 4) is 23.0 Å².